The number of nitrogens with zero attached hydrogens (tertiary/aromatic N) is 2. The smallest absolute Gasteiger partial charge is 0.0113 e. The van der Waals surface area contributed by atoms with Crippen molar-refractivity contribution >= 4 is 0 Å². The maximum absolute atomic E-state index is 3.49. The van der Waals surface area contributed by atoms with Crippen LogP contribution in [0.4, 0.5) is 0 Å². The molecule has 0 saturated carbocycles. The first-order chi connectivity index (χ1) is 6.74. The van der Waals surface area contributed by atoms with E-state index < -0.39 is 0 Å². The lowest BCUT2D eigenvalue weighted by Gasteiger charge is -2.27. The molecule has 84 valence electrons. The summed E-state index contributed by atoms with van der Waals surface area (Å²) < 4.78 is 0. The predicted octanol–water partition coefficient (Wildman–Crippen LogP) is 0.622. The van der Waals surface area contributed by atoms with Crippen LogP contribution in [0.5, 0.6) is 0 Å². The van der Waals surface area contributed by atoms with Crippen molar-refractivity contribution in [3.05, 3.63) is 0 Å². The molecule has 1 aliphatic heterocycles. The van der Waals surface area contributed by atoms with E-state index in [1.807, 2.05) is 0 Å². The molecule has 3 nitrogen and oxygen atoms in total. The number of hydrogen-bond donors (Lipinski definition) is 1. The normalized spacial score (nSPS) is 23.1. The Morgan fingerprint density at radius 3 is 2.43 bits per heavy atom. The average molecular weight is 199 g/mol. The molecular formula is C11H25N3. The Morgan fingerprint density at radius 1 is 1.07 bits per heavy atom. The molecule has 0 aromatic rings. The van der Waals surface area contributed by atoms with E-state index in [1.165, 1.54) is 32.7 Å². The third-order valence-corrected chi connectivity index (χ3v) is 3.06. The molecule has 1 heterocycles. The van der Waals surface area contributed by atoms with E-state index in [0.29, 0.717) is 6.04 Å². The summed E-state index contributed by atoms with van der Waals surface area (Å²) in [5.74, 6) is 0. The molecule has 0 radical (unpaired) electrons. The largest absolute Gasteiger partial charge is 0.314 e. The minimum Gasteiger partial charge on any atom is -0.314 e. The molecule has 0 bridgehead atoms. The van der Waals surface area contributed by atoms with Gasteiger partial charge in [0, 0.05) is 45.3 Å². The second-order valence-electron chi connectivity index (χ2n) is 4.31. The van der Waals surface area contributed by atoms with Gasteiger partial charge in [-0.15, -0.1) is 0 Å². The van der Waals surface area contributed by atoms with Crippen molar-refractivity contribution in [3.63, 3.8) is 0 Å². The standard InChI is InChI=1S/C11H25N3/c1-4-13-7-5-12-6-8-14(10-9-13)11(2)3/h11-12H,4-10H2,1-3H3. The highest BCUT2D eigenvalue weighted by atomic mass is 15.2. The molecule has 0 aliphatic carbocycles. The number of likely N-dealkylation sites (N-methyl/N-ethyl adjacent to an activating group) is 1. The van der Waals surface area contributed by atoms with Crippen LogP contribution < -0.4 is 5.32 Å². The Morgan fingerprint density at radius 2 is 1.79 bits per heavy atom. The van der Waals surface area contributed by atoms with Gasteiger partial charge in [-0.3, -0.25) is 4.90 Å². The van der Waals surface area contributed by atoms with Gasteiger partial charge in [0.25, 0.3) is 0 Å². The summed E-state index contributed by atoms with van der Waals surface area (Å²) in [5, 5.41) is 3.49. The minimum atomic E-state index is 0.675. The van der Waals surface area contributed by atoms with Crippen molar-refractivity contribution < 1.29 is 0 Å². The second kappa shape index (κ2) is 6.38. The van der Waals surface area contributed by atoms with Crippen LogP contribution in [0.15, 0.2) is 0 Å². The molecule has 1 N–H and O–H groups in total. The lowest BCUT2D eigenvalue weighted by Crippen LogP contribution is -2.39. The van der Waals surface area contributed by atoms with Gasteiger partial charge >= 0.3 is 0 Å². The van der Waals surface area contributed by atoms with Gasteiger partial charge in [-0.25, -0.2) is 0 Å². The summed E-state index contributed by atoms with van der Waals surface area (Å²) in [6.07, 6.45) is 0. The maximum atomic E-state index is 3.49. The monoisotopic (exact) mass is 199 g/mol. The van der Waals surface area contributed by atoms with Gasteiger partial charge in [-0.2, -0.15) is 0 Å². The first-order valence-corrected chi connectivity index (χ1v) is 5.91. The minimum absolute atomic E-state index is 0.675. The van der Waals surface area contributed by atoms with Crippen LogP contribution in [0.1, 0.15) is 20.8 Å². The molecule has 1 rings (SSSR count). The summed E-state index contributed by atoms with van der Waals surface area (Å²) >= 11 is 0. The molecule has 0 aromatic heterocycles. The van der Waals surface area contributed by atoms with Crippen LogP contribution in [-0.4, -0.2) is 61.7 Å². The molecule has 1 fully saturated rings. The van der Waals surface area contributed by atoms with E-state index in [2.05, 4.69) is 35.9 Å². The number of nitrogens with one attached hydrogen (secondary N) is 1. The third-order valence-electron chi connectivity index (χ3n) is 3.06. The molecule has 3 heteroatoms. The summed E-state index contributed by atoms with van der Waals surface area (Å²) in [5.41, 5.74) is 0. The predicted molar refractivity (Wildman–Crippen MR) is 61.7 cm³/mol. The molecule has 0 spiro atoms. The van der Waals surface area contributed by atoms with Gasteiger partial charge in [-0.1, -0.05) is 6.92 Å². The highest BCUT2D eigenvalue weighted by Crippen LogP contribution is 1.99. The van der Waals surface area contributed by atoms with Crippen molar-refractivity contribution in [3.8, 4) is 0 Å². The zero-order chi connectivity index (χ0) is 10.4. The van der Waals surface area contributed by atoms with Gasteiger partial charge in [0.05, 0.1) is 0 Å². The molecule has 0 atom stereocenters. The van der Waals surface area contributed by atoms with Gasteiger partial charge < -0.3 is 10.2 Å². The Bertz CT molecular complexity index is 147. The maximum Gasteiger partial charge on any atom is 0.0113 e. The van der Waals surface area contributed by atoms with E-state index in [4.69, 9.17) is 0 Å². The lowest BCUT2D eigenvalue weighted by atomic mass is 10.3. The highest BCUT2D eigenvalue weighted by molar-refractivity contribution is 4.70. The van der Waals surface area contributed by atoms with Gasteiger partial charge in [0.15, 0.2) is 0 Å². The molecule has 0 amide bonds. The van der Waals surface area contributed by atoms with Crippen molar-refractivity contribution in [1.82, 2.24) is 15.1 Å². The fourth-order valence-electron chi connectivity index (χ4n) is 1.91. The zero-order valence-electron chi connectivity index (χ0n) is 9.92. The summed E-state index contributed by atoms with van der Waals surface area (Å²) in [7, 11) is 0. The summed E-state index contributed by atoms with van der Waals surface area (Å²) in [6, 6.07) is 0.675. The lowest BCUT2D eigenvalue weighted by molar-refractivity contribution is 0.193. The Kier molecular flexibility index (Phi) is 5.45. The third kappa shape index (κ3) is 3.95. The molecule has 1 aliphatic rings. The fraction of sp³-hybridized carbons (Fsp3) is 1.00. The fourth-order valence-corrected chi connectivity index (χ4v) is 1.91. The van der Waals surface area contributed by atoms with Crippen molar-refractivity contribution in [2.75, 3.05) is 45.8 Å². The molecule has 0 unspecified atom stereocenters. The Balaban J connectivity index is 2.40. The SMILES string of the molecule is CCN1CCNCCN(C(C)C)CC1. The van der Waals surface area contributed by atoms with E-state index in [0.717, 1.165) is 13.1 Å². The van der Waals surface area contributed by atoms with Crippen LogP contribution in [0, 0.1) is 0 Å². The first-order valence-electron chi connectivity index (χ1n) is 5.91. The van der Waals surface area contributed by atoms with Crippen molar-refractivity contribution in [2.24, 2.45) is 0 Å². The topological polar surface area (TPSA) is 18.5 Å². The Hall–Kier alpha value is -0.120. The quantitative estimate of drug-likeness (QED) is 0.703. The first kappa shape index (κ1) is 12.0. The molecular weight excluding hydrogens is 174 g/mol. The molecule has 0 aromatic carbocycles. The van der Waals surface area contributed by atoms with Crippen LogP contribution in [0.25, 0.3) is 0 Å². The molecule has 14 heavy (non-hydrogen) atoms. The number of rotatable bonds is 2. The van der Waals surface area contributed by atoms with Gasteiger partial charge in [0.1, 0.15) is 0 Å². The highest BCUT2D eigenvalue weighted by Gasteiger charge is 2.12. The van der Waals surface area contributed by atoms with Gasteiger partial charge in [-0.05, 0) is 20.4 Å². The van der Waals surface area contributed by atoms with Crippen LogP contribution in [0.2, 0.25) is 0 Å². The van der Waals surface area contributed by atoms with Crippen molar-refractivity contribution in [1.29, 1.82) is 0 Å². The van der Waals surface area contributed by atoms with Crippen LogP contribution in [0.3, 0.4) is 0 Å². The number of hydrogen-bond acceptors (Lipinski definition) is 3. The second-order valence-corrected chi connectivity index (χ2v) is 4.31. The van der Waals surface area contributed by atoms with Gasteiger partial charge in [0.2, 0.25) is 0 Å². The van der Waals surface area contributed by atoms with Crippen LogP contribution >= 0.6 is 0 Å². The van der Waals surface area contributed by atoms with E-state index in [1.54, 1.807) is 0 Å². The molecule has 1 saturated heterocycles. The summed E-state index contributed by atoms with van der Waals surface area (Å²) in [4.78, 5) is 5.08. The Labute approximate surface area is 88.5 Å². The van der Waals surface area contributed by atoms with Crippen molar-refractivity contribution in [2.45, 2.75) is 26.8 Å². The summed E-state index contributed by atoms with van der Waals surface area (Å²) in [6.45, 7) is 15.1. The average Bonchev–Trinajstić information content (AvgIpc) is 2.28. The van der Waals surface area contributed by atoms with E-state index >= 15 is 0 Å². The van der Waals surface area contributed by atoms with Crippen LogP contribution in [-0.2, 0) is 0 Å². The van der Waals surface area contributed by atoms with E-state index in [9.17, 15) is 0 Å². The zero-order valence-corrected chi connectivity index (χ0v) is 9.92. The van der Waals surface area contributed by atoms with E-state index in [-0.39, 0.29) is 0 Å².